The quantitative estimate of drug-likeness (QED) is 0.337. The molecule has 3 aromatic carbocycles. The maximum Gasteiger partial charge on any atom is 0.272 e. The summed E-state index contributed by atoms with van der Waals surface area (Å²) in [6.07, 6.45) is 1.41. The van der Waals surface area contributed by atoms with Crippen LogP contribution >= 0.6 is 15.9 Å². The van der Waals surface area contributed by atoms with Gasteiger partial charge in [0.15, 0.2) is 0 Å². The summed E-state index contributed by atoms with van der Waals surface area (Å²) in [7, 11) is 0. The number of benzene rings is 3. The first-order chi connectivity index (χ1) is 14.1. The van der Waals surface area contributed by atoms with Gasteiger partial charge in [0.25, 0.3) is 5.91 Å². The molecule has 1 aromatic heterocycles. The number of fused-ring (bicyclic) bond motifs is 1. The highest BCUT2D eigenvalue weighted by molar-refractivity contribution is 9.10. The maximum atomic E-state index is 12.8. The number of carbonyl (C=O) groups excluding carboxylic acids is 1. The zero-order valence-corrected chi connectivity index (χ0v) is 16.8. The van der Waals surface area contributed by atoms with E-state index in [2.05, 4.69) is 26.5 Å². The highest BCUT2D eigenvalue weighted by atomic mass is 79.9. The molecule has 0 radical (unpaired) electrons. The van der Waals surface area contributed by atoms with Crippen molar-refractivity contribution in [2.24, 2.45) is 5.10 Å². The van der Waals surface area contributed by atoms with Gasteiger partial charge >= 0.3 is 0 Å². The van der Waals surface area contributed by atoms with Crippen LogP contribution in [-0.4, -0.2) is 22.2 Å². The lowest BCUT2D eigenvalue weighted by Crippen LogP contribution is -2.18. The molecular weight excluding hydrogens is 430 g/mol. The van der Waals surface area contributed by atoms with Crippen LogP contribution in [0.2, 0.25) is 0 Å². The predicted octanol–water partition coefficient (Wildman–Crippen LogP) is 5.13. The van der Waals surface area contributed by atoms with Crippen molar-refractivity contribution in [3.63, 3.8) is 0 Å². The first-order valence-electron chi connectivity index (χ1n) is 8.89. The van der Waals surface area contributed by atoms with Crippen molar-refractivity contribution in [3.8, 4) is 17.0 Å². The molecule has 0 aliphatic rings. The third kappa shape index (κ3) is 4.17. The molecule has 0 aliphatic carbocycles. The lowest BCUT2D eigenvalue weighted by atomic mass is 10.0. The Balaban J connectivity index is 1.69. The molecule has 5 nitrogen and oxygen atoms in total. The second-order valence-corrected chi connectivity index (χ2v) is 7.25. The fraction of sp³-hybridized carbons (Fsp3) is 0. The number of carbonyl (C=O) groups is 1. The van der Waals surface area contributed by atoms with Crippen molar-refractivity contribution in [3.05, 3.63) is 94.5 Å². The average Bonchev–Trinajstić information content (AvgIpc) is 2.74. The van der Waals surface area contributed by atoms with Gasteiger partial charge in [-0.25, -0.2) is 10.4 Å². The van der Waals surface area contributed by atoms with Crippen molar-refractivity contribution in [1.82, 2.24) is 10.4 Å². The smallest absolute Gasteiger partial charge is 0.272 e. The standard InChI is InChI=1S/C23H16BrN3O2/c24-17-11-9-15(10-12-17)21-13-19(18-6-2-3-7-20(18)26-21)23(29)27-25-14-16-5-1-4-8-22(16)28/h1-14,28H,(H,27,29)/b25-14+. The van der Waals surface area contributed by atoms with Gasteiger partial charge in [0.2, 0.25) is 0 Å². The molecule has 0 saturated carbocycles. The van der Waals surface area contributed by atoms with Crippen molar-refractivity contribution in [1.29, 1.82) is 0 Å². The first kappa shape index (κ1) is 18.8. The van der Waals surface area contributed by atoms with Crippen LogP contribution in [0.1, 0.15) is 15.9 Å². The molecule has 6 heteroatoms. The fourth-order valence-electron chi connectivity index (χ4n) is 2.95. The summed E-state index contributed by atoms with van der Waals surface area (Å²) < 4.78 is 0.971. The lowest BCUT2D eigenvalue weighted by molar-refractivity contribution is 0.0956. The fourth-order valence-corrected chi connectivity index (χ4v) is 3.21. The molecule has 29 heavy (non-hydrogen) atoms. The highest BCUT2D eigenvalue weighted by Gasteiger charge is 2.13. The van der Waals surface area contributed by atoms with Crippen LogP contribution in [0, 0.1) is 0 Å². The second-order valence-electron chi connectivity index (χ2n) is 6.34. The number of aromatic nitrogens is 1. The molecule has 4 aromatic rings. The number of amides is 1. The van der Waals surface area contributed by atoms with Crippen molar-refractivity contribution >= 4 is 39.0 Å². The van der Waals surface area contributed by atoms with Gasteiger partial charge in [-0.05, 0) is 36.4 Å². The van der Waals surface area contributed by atoms with Crippen LogP contribution in [0.3, 0.4) is 0 Å². The number of pyridine rings is 1. The summed E-state index contributed by atoms with van der Waals surface area (Å²) in [4.78, 5) is 17.5. The van der Waals surface area contributed by atoms with E-state index in [1.807, 2.05) is 48.5 Å². The van der Waals surface area contributed by atoms with E-state index in [9.17, 15) is 9.90 Å². The van der Waals surface area contributed by atoms with Gasteiger partial charge in [-0.3, -0.25) is 4.79 Å². The third-order valence-electron chi connectivity index (χ3n) is 4.41. The normalized spacial score (nSPS) is 11.1. The van der Waals surface area contributed by atoms with E-state index in [1.54, 1.807) is 30.3 Å². The van der Waals surface area contributed by atoms with Crippen molar-refractivity contribution in [2.45, 2.75) is 0 Å². The molecule has 2 N–H and O–H groups in total. The Labute approximate surface area is 175 Å². The minimum absolute atomic E-state index is 0.0948. The molecule has 0 saturated heterocycles. The Hall–Kier alpha value is -3.51. The molecule has 4 rings (SSSR count). The number of rotatable bonds is 4. The van der Waals surface area contributed by atoms with Crippen molar-refractivity contribution in [2.75, 3.05) is 0 Å². The van der Waals surface area contributed by atoms with Gasteiger partial charge in [0, 0.05) is 21.0 Å². The van der Waals surface area contributed by atoms with Crippen molar-refractivity contribution < 1.29 is 9.90 Å². The van der Waals surface area contributed by atoms with E-state index in [1.165, 1.54) is 6.21 Å². The number of hydrogen-bond acceptors (Lipinski definition) is 4. The Bertz CT molecular complexity index is 1220. The summed E-state index contributed by atoms with van der Waals surface area (Å²) in [6.45, 7) is 0. The molecule has 1 heterocycles. The molecule has 142 valence electrons. The number of phenols is 1. The minimum atomic E-state index is -0.353. The molecule has 0 fully saturated rings. The third-order valence-corrected chi connectivity index (χ3v) is 4.94. The average molecular weight is 446 g/mol. The summed E-state index contributed by atoms with van der Waals surface area (Å²) in [5, 5.41) is 14.5. The number of phenolic OH excluding ortho intramolecular Hbond substituents is 1. The molecule has 0 aliphatic heterocycles. The summed E-state index contributed by atoms with van der Waals surface area (Å²) in [6, 6.07) is 23.8. The highest BCUT2D eigenvalue weighted by Crippen LogP contribution is 2.26. The molecule has 1 amide bonds. The Kier molecular flexibility index (Phi) is 5.35. The minimum Gasteiger partial charge on any atom is -0.507 e. The van der Waals surface area contributed by atoms with Gasteiger partial charge in [-0.1, -0.05) is 58.4 Å². The number of hydrogen-bond donors (Lipinski definition) is 2. The molecular formula is C23H16BrN3O2. The van der Waals surface area contributed by atoms with Gasteiger partial charge < -0.3 is 5.11 Å². The van der Waals surface area contributed by atoms with E-state index in [0.717, 1.165) is 20.9 Å². The molecule has 0 unspecified atom stereocenters. The predicted molar refractivity (Wildman–Crippen MR) is 118 cm³/mol. The zero-order valence-electron chi connectivity index (χ0n) is 15.2. The van der Waals surface area contributed by atoms with Gasteiger partial charge in [0.1, 0.15) is 5.75 Å². The number of hydrazone groups is 1. The zero-order chi connectivity index (χ0) is 20.2. The summed E-state index contributed by atoms with van der Waals surface area (Å²) >= 11 is 3.43. The van der Waals surface area contributed by atoms with E-state index >= 15 is 0 Å². The van der Waals surface area contributed by atoms with Gasteiger partial charge in [-0.15, -0.1) is 0 Å². The number of nitrogens with one attached hydrogen (secondary N) is 1. The Morgan fingerprint density at radius 2 is 1.72 bits per heavy atom. The molecule has 0 bridgehead atoms. The topological polar surface area (TPSA) is 74.6 Å². The van der Waals surface area contributed by atoms with Crippen LogP contribution < -0.4 is 5.43 Å². The molecule has 0 spiro atoms. The number of para-hydroxylation sites is 2. The molecule has 0 atom stereocenters. The number of nitrogens with zero attached hydrogens (tertiary/aromatic N) is 2. The van der Waals surface area contributed by atoms with E-state index in [4.69, 9.17) is 4.98 Å². The van der Waals surface area contributed by atoms with Crippen LogP contribution in [-0.2, 0) is 0 Å². The van der Waals surface area contributed by atoms with Crippen LogP contribution in [0.5, 0.6) is 5.75 Å². The monoisotopic (exact) mass is 445 g/mol. The Morgan fingerprint density at radius 3 is 2.52 bits per heavy atom. The van der Waals surface area contributed by atoms with E-state index in [-0.39, 0.29) is 11.7 Å². The lowest BCUT2D eigenvalue weighted by Gasteiger charge is -2.09. The number of aromatic hydroxyl groups is 1. The summed E-state index contributed by atoms with van der Waals surface area (Å²) in [5.41, 5.74) is 5.86. The van der Waals surface area contributed by atoms with Crippen LogP contribution in [0.4, 0.5) is 0 Å². The van der Waals surface area contributed by atoms with E-state index < -0.39 is 0 Å². The van der Waals surface area contributed by atoms with Crippen LogP contribution in [0.15, 0.2) is 88.4 Å². The summed E-state index contributed by atoms with van der Waals surface area (Å²) in [5.74, 6) is -0.258. The Morgan fingerprint density at radius 1 is 1.00 bits per heavy atom. The largest absolute Gasteiger partial charge is 0.507 e. The van der Waals surface area contributed by atoms with Gasteiger partial charge in [-0.2, -0.15) is 5.10 Å². The first-order valence-corrected chi connectivity index (χ1v) is 9.68. The van der Waals surface area contributed by atoms with Crippen LogP contribution in [0.25, 0.3) is 22.2 Å². The second kappa shape index (κ2) is 8.24. The van der Waals surface area contributed by atoms with Gasteiger partial charge in [0.05, 0.1) is 23.0 Å². The maximum absolute atomic E-state index is 12.8. The van der Waals surface area contributed by atoms with E-state index in [0.29, 0.717) is 16.8 Å². The number of halogens is 1. The SMILES string of the molecule is O=C(N/N=C/c1ccccc1O)c1cc(-c2ccc(Br)cc2)nc2ccccc12.